The summed E-state index contributed by atoms with van der Waals surface area (Å²) in [6, 6.07) is -0.325. The SMILES string of the molecule is CC(C)(C)OC(=O)N1C[C@@H](F)C[C@H]1COCCCC=CC(=O)O. The Balaban J connectivity index is 2.33. The highest BCUT2D eigenvalue weighted by molar-refractivity contribution is 5.79. The molecule has 0 saturated carbocycles. The van der Waals surface area contributed by atoms with Gasteiger partial charge in [0, 0.05) is 19.1 Å². The molecule has 0 aromatic carbocycles. The maximum atomic E-state index is 13.6. The zero-order chi connectivity index (χ0) is 17.5. The first kappa shape index (κ1) is 19.4. The van der Waals surface area contributed by atoms with Crippen molar-refractivity contribution in [3.63, 3.8) is 0 Å². The molecule has 2 atom stereocenters. The normalized spacial score (nSPS) is 21.8. The van der Waals surface area contributed by atoms with Gasteiger partial charge in [0.25, 0.3) is 0 Å². The minimum atomic E-state index is -1.06. The van der Waals surface area contributed by atoms with Gasteiger partial charge >= 0.3 is 12.1 Å². The second-order valence-electron chi connectivity index (χ2n) is 6.58. The highest BCUT2D eigenvalue weighted by Crippen LogP contribution is 2.23. The number of nitrogens with zero attached hydrogens (tertiary/aromatic N) is 1. The maximum absolute atomic E-state index is 13.6. The lowest BCUT2D eigenvalue weighted by Crippen LogP contribution is -2.42. The Morgan fingerprint density at radius 1 is 1.39 bits per heavy atom. The quantitative estimate of drug-likeness (QED) is 0.573. The van der Waals surface area contributed by atoms with Gasteiger partial charge in [-0.05, 0) is 33.6 Å². The minimum Gasteiger partial charge on any atom is -0.478 e. The lowest BCUT2D eigenvalue weighted by Gasteiger charge is -2.28. The molecule has 1 amide bonds. The van der Waals surface area contributed by atoms with Crippen molar-refractivity contribution in [2.75, 3.05) is 19.8 Å². The molecule has 0 aromatic rings. The molecule has 23 heavy (non-hydrogen) atoms. The highest BCUT2D eigenvalue weighted by Gasteiger charge is 2.37. The summed E-state index contributed by atoms with van der Waals surface area (Å²) in [5, 5.41) is 8.44. The van der Waals surface area contributed by atoms with Crippen LogP contribution in [0.15, 0.2) is 12.2 Å². The van der Waals surface area contributed by atoms with Crippen LogP contribution in [0.3, 0.4) is 0 Å². The third kappa shape index (κ3) is 7.97. The molecule has 1 heterocycles. The monoisotopic (exact) mass is 331 g/mol. The summed E-state index contributed by atoms with van der Waals surface area (Å²) in [4.78, 5) is 23.7. The van der Waals surface area contributed by atoms with E-state index in [0.717, 1.165) is 6.08 Å². The molecule has 0 radical (unpaired) electrons. The third-order valence-electron chi connectivity index (χ3n) is 3.22. The van der Waals surface area contributed by atoms with E-state index in [9.17, 15) is 14.0 Å². The molecule has 1 saturated heterocycles. The number of carboxylic acid groups (broad SMARTS) is 1. The molecule has 6 nitrogen and oxygen atoms in total. The van der Waals surface area contributed by atoms with E-state index in [0.29, 0.717) is 19.4 Å². The van der Waals surface area contributed by atoms with Crippen LogP contribution in [-0.4, -0.2) is 59.6 Å². The van der Waals surface area contributed by atoms with Crippen molar-refractivity contribution in [2.45, 2.75) is 57.8 Å². The van der Waals surface area contributed by atoms with Crippen molar-refractivity contribution in [1.29, 1.82) is 0 Å². The summed E-state index contributed by atoms with van der Waals surface area (Å²) in [6.45, 7) is 6.02. The van der Waals surface area contributed by atoms with Crippen LogP contribution >= 0.6 is 0 Å². The number of unbranched alkanes of at least 4 members (excludes halogenated alkanes) is 1. The van der Waals surface area contributed by atoms with Gasteiger partial charge in [0.15, 0.2) is 0 Å². The lowest BCUT2D eigenvalue weighted by molar-refractivity contribution is -0.131. The predicted octanol–water partition coefficient (Wildman–Crippen LogP) is 2.77. The van der Waals surface area contributed by atoms with Gasteiger partial charge in [0.2, 0.25) is 0 Å². The fraction of sp³-hybridized carbons (Fsp3) is 0.750. The molecule has 1 fully saturated rings. The summed E-state index contributed by atoms with van der Waals surface area (Å²) in [5.41, 5.74) is -0.618. The molecule has 0 aromatic heterocycles. The number of aliphatic carboxylic acids is 1. The predicted molar refractivity (Wildman–Crippen MR) is 83.1 cm³/mol. The number of halogens is 1. The molecule has 1 N–H and O–H groups in total. The average Bonchev–Trinajstić information content (AvgIpc) is 2.76. The van der Waals surface area contributed by atoms with E-state index in [4.69, 9.17) is 14.6 Å². The first-order valence-corrected chi connectivity index (χ1v) is 7.80. The molecule has 132 valence electrons. The highest BCUT2D eigenvalue weighted by atomic mass is 19.1. The molecule has 1 aliphatic rings. The molecule has 0 bridgehead atoms. The second-order valence-corrected chi connectivity index (χ2v) is 6.58. The molecule has 1 aliphatic heterocycles. The number of carbonyl (C=O) groups is 2. The molecule has 1 rings (SSSR count). The molecular weight excluding hydrogens is 305 g/mol. The summed E-state index contributed by atoms with van der Waals surface area (Å²) in [7, 11) is 0. The number of carbonyl (C=O) groups excluding carboxylic acids is 1. The van der Waals surface area contributed by atoms with Gasteiger partial charge in [0.1, 0.15) is 11.8 Å². The number of hydrogen-bond donors (Lipinski definition) is 1. The number of carboxylic acids is 1. The van der Waals surface area contributed by atoms with Crippen molar-refractivity contribution >= 4 is 12.1 Å². The van der Waals surface area contributed by atoms with E-state index >= 15 is 0 Å². The topological polar surface area (TPSA) is 76.1 Å². The van der Waals surface area contributed by atoms with E-state index in [1.807, 2.05) is 0 Å². The largest absolute Gasteiger partial charge is 0.478 e. The molecule has 0 spiro atoms. The number of likely N-dealkylation sites (tertiary alicyclic amines) is 1. The number of amides is 1. The Labute approximate surface area is 136 Å². The number of alkyl halides is 1. The van der Waals surface area contributed by atoms with E-state index in [-0.39, 0.29) is 25.6 Å². The second kappa shape index (κ2) is 8.86. The Hall–Kier alpha value is -1.63. The molecule has 0 unspecified atom stereocenters. The standard InChI is InChI=1S/C16H26FNO5/c1-16(2,3)23-15(21)18-10-12(17)9-13(18)11-22-8-6-4-5-7-14(19)20/h5,7,12-13H,4,6,8-11H2,1-3H3,(H,19,20)/t12-,13-/m0/s1. The number of rotatable bonds is 7. The van der Waals surface area contributed by atoms with Crippen LogP contribution < -0.4 is 0 Å². The zero-order valence-electron chi connectivity index (χ0n) is 14.0. The molecular formula is C16H26FNO5. The first-order chi connectivity index (χ1) is 10.7. The fourth-order valence-electron chi connectivity index (χ4n) is 2.27. The van der Waals surface area contributed by atoms with Crippen molar-refractivity contribution in [3.8, 4) is 0 Å². The lowest BCUT2D eigenvalue weighted by atomic mass is 10.2. The van der Waals surface area contributed by atoms with Crippen molar-refractivity contribution in [2.24, 2.45) is 0 Å². The Kier molecular flexibility index (Phi) is 7.48. The Bertz CT molecular complexity index is 433. The van der Waals surface area contributed by atoms with Gasteiger partial charge in [-0.3, -0.25) is 4.90 Å². The van der Waals surface area contributed by atoms with Crippen LogP contribution in [0.2, 0.25) is 0 Å². The van der Waals surface area contributed by atoms with Crippen LogP contribution in [-0.2, 0) is 14.3 Å². The molecule has 7 heteroatoms. The van der Waals surface area contributed by atoms with Crippen LogP contribution in [0, 0.1) is 0 Å². The summed E-state index contributed by atoms with van der Waals surface area (Å²) in [6.07, 6.45) is 2.59. The van der Waals surface area contributed by atoms with Crippen LogP contribution in [0.4, 0.5) is 9.18 Å². The third-order valence-corrected chi connectivity index (χ3v) is 3.22. The van der Waals surface area contributed by atoms with Gasteiger partial charge in [0.05, 0.1) is 19.2 Å². The van der Waals surface area contributed by atoms with Crippen molar-refractivity contribution < 1.29 is 28.6 Å². The van der Waals surface area contributed by atoms with Crippen LogP contribution in [0.5, 0.6) is 0 Å². The number of allylic oxidation sites excluding steroid dienone is 1. The summed E-state index contributed by atoms with van der Waals surface area (Å²) >= 11 is 0. The molecule has 0 aliphatic carbocycles. The van der Waals surface area contributed by atoms with E-state index < -0.39 is 23.8 Å². The zero-order valence-corrected chi connectivity index (χ0v) is 14.0. The number of hydrogen-bond acceptors (Lipinski definition) is 4. The van der Waals surface area contributed by atoms with Crippen LogP contribution in [0.1, 0.15) is 40.0 Å². The Morgan fingerprint density at radius 2 is 2.09 bits per heavy atom. The maximum Gasteiger partial charge on any atom is 0.410 e. The average molecular weight is 331 g/mol. The van der Waals surface area contributed by atoms with Gasteiger partial charge in [-0.2, -0.15) is 0 Å². The minimum absolute atomic E-state index is 0.0320. The summed E-state index contributed by atoms with van der Waals surface area (Å²) < 4.78 is 24.4. The smallest absolute Gasteiger partial charge is 0.410 e. The van der Waals surface area contributed by atoms with Crippen molar-refractivity contribution in [1.82, 2.24) is 4.90 Å². The van der Waals surface area contributed by atoms with Gasteiger partial charge in [-0.15, -0.1) is 0 Å². The fourth-order valence-corrected chi connectivity index (χ4v) is 2.27. The first-order valence-electron chi connectivity index (χ1n) is 7.80. The number of ether oxygens (including phenoxy) is 2. The van der Waals surface area contributed by atoms with Gasteiger partial charge in [-0.25, -0.2) is 14.0 Å². The van der Waals surface area contributed by atoms with E-state index in [1.165, 1.54) is 4.90 Å². The van der Waals surface area contributed by atoms with Gasteiger partial charge < -0.3 is 14.6 Å². The Morgan fingerprint density at radius 3 is 2.70 bits per heavy atom. The van der Waals surface area contributed by atoms with E-state index in [1.54, 1.807) is 26.8 Å². The van der Waals surface area contributed by atoms with Crippen LogP contribution in [0.25, 0.3) is 0 Å². The van der Waals surface area contributed by atoms with Crippen molar-refractivity contribution in [3.05, 3.63) is 12.2 Å². The van der Waals surface area contributed by atoms with Gasteiger partial charge in [-0.1, -0.05) is 6.08 Å². The summed E-state index contributed by atoms with van der Waals surface area (Å²) in [5.74, 6) is -0.973. The van der Waals surface area contributed by atoms with E-state index in [2.05, 4.69) is 0 Å².